The van der Waals surface area contributed by atoms with Crippen molar-refractivity contribution >= 4 is 9.76 Å². The Morgan fingerprint density at radius 3 is 2.10 bits per heavy atom. The first-order valence-electron chi connectivity index (χ1n) is 6.96. The lowest BCUT2D eigenvalue weighted by molar-refractivity contribution is 0.109. The molecule has 0 fully saturated rings. The van der Waals surface area contributed by atoms with E-state index in [0.29, 0.717) is 5.04 Å². The summed E-state index contributed by atoms with van der Waals surface area (Å²) in [7, 11) is -0.518. The molecule has 0 spiro atoms. The number of nitrogens with zero attached hydrogens (tertiary/aromatic N) is 2. The average molecular weight is 310 g/mol. The quantitative estimate of drug-likeness (QED) is 0.752. The van der Waals surface area contributed by atoms with Gasteiger partial charge in [-0.25, -0.2) is 0 Å². The Bertz CT molecular complexity index is 490. The van der Waals surface area contributed by atoms with Gasteiger partial charge in [0.05, 0.1) is 24.6 Å². The number of nitrogens with one attached hydrogen (secondary N) is 2. The third-order valence-corrected chi connectivity index (χ3v) is 4.53. The lowest BCUT2D eigenvalue weighted by Gasteiger charge is -2.29. The largest absolute Gasteiger partial charge is 0.414 e. The molecule has 2 aromatic heterocycles. The van der Waals surface area contributed by atoms with Crippen LogP contribution in [0, 0.1) is 0 Å². The van der Waals surface area contributed by atoms with Gasteiger partial charge in [0.15, 0.2) is 9.76 Å². The van der Waals surface area contributed by atoms with Crippen LogP contribution in [0.4, 0.5) is 0 Å². The summed E-state index contributed by atoms with van der Waals surface area (Å²) in [5.74, 6) is 0. The van der Waals surface area contributed by atoms with Crippen molar-refractivity contribution in [2.45, 2.75) is 51.9 Å². The Labute approximate surface area is 128 Å². The molecule has 0 aliphatic carbocycles. The molecule has 2 rings (SSSR count). The van der Waals surface area contributed by atoms with E-state index in [1.54, 1.807) is 12.4 Å². The molecule has 6 nitrogen and oxygen atoms in total. The molecule has 118 valence electrons. The Balaban J connectivity index is 0.000000262. The van der Waals surface area contributed by atoms with E-state index in [-0.39, 0.29) is 12.2 Å². The van der Waals surface area contributed by atoms with E-state index in [9.17, 15) is 0 Å². The van der Waals surface area contributed by atoms with Crippen LogP contribution in [-0.4, -0.2) is 35.3 Å². The maximum Gasteiger partial charge on any atom is 0.168 e. The first-order valence-corrected chi connectivity index (χ1v) is 8.25. The van der Waals surface area contributed by atoms with Crippen molar-refractivity contribution in [3.63, 3.8) is 0 Å². The maximum absolute atomic E-state index is 8.37. The van der Waals surface area contributed by atoms with E-state index in [4.69, 9.17) is 9.53 Å². The highest BCUT2D eigenvalue weighted by Crippen LogP contribution is 2.28. The van der Waals surface area contributed by atoms with Crippen LogP contribution < -0.4 is 0 Å². The van der Waals surface area contributed by atoms with E-state index < -0.39 is 9.76 Å². The van der Waals surface area contributed by atoms with Gasteiger partial charge in [-0.1, -0.05) is 20.8 Å². The van der Waals surface area contributed by atoms with Gasteiger partial charge in [-0.15, -0.1) is 0 Å². The third-order valence-electron chi connectivity index (χ3n) is 2.80. The predicted molar refractivity (Wildman–Crippen MR) is 85.5 cm³/mol. The summed E-state index contributed by atoms with van der Waals surface area (Å²) in [4.78, 5) is 0. The first kappa shape index (κ1) is 17.6. The minimum atomic E-state index is -0.518. The predicted octanol–water partition coefficient (Wildman–Crippen LogP) is 1.87. The molecule has 0 saturated heterocycles. The summed E-state index contributed by atoms with van der Waals surface area (Å²) in [5, 5.41) is 21.6. The summed E-state index contributed by atoms with van der Waals surface area (Å²) >= 11 is 0. The van der Waals surface area contributed by atoms with Gasteiger partial charge in [0.1, 0.15) is 0 Å². The zero-order valence-electron chi connectivity index (χ0n) is 13.5. The van der Waals surface area contributed by atoms with E-state index in [0.717, 1.165) is 11.1 Å². The highest BCUT2D eigenvalue weighted by molar-refractivity contribution is 6.31. The molecule has 0 unspecified atom stereocenters. The smallest absolute Gasteiger partial charge is 0.168 e. The molecule has 2 heterocycles. The van der Waals surface area contributed by atoms with Crippen molar-refractivity contribution in [1.29, 1.82) is 0 Å². The number of aliphatic hydroxyl groups excluding tert-OH is 1. The summed E-state index contributed by atoms with van der Waals surface area (Å²) in [6.07, 6.45) is 6.97. The van der Waals surface area contributed by atoms with Crippen molar-refractivity contribution < 1.29 is 9.53 Å². The monoisotopic (exact) mass is 310 g/mol. The molecule has 7 heteroatoms. The van der Waals surface area contributed by atoms with Gasteiger partial charge >= 0.3 is 0 Å². The second kappa shape index (κ2) is 7.53. The van der Waals surface area contributed by atoms with E-state index in [2.05, 4.69) is 55.0 Å². The number of rotatable bonds is 4. The Hall–Kier alpha value is -1.44. The van der Waals surface area contributed by atoms with Crippen LogP contribution in [0.25, 0.3) is 0 Å². The van der Waals surface area contributed by atoms with E-state index in [1.165, 1.54) is 0 Å². The zero-order valence-corrected chi connectivity index (χ0v) is 14.9. The SMILES string of the molecule is CC(C)(C)[SiH2]OC(C)(C)c1cn[nH]c1.OCc1cn[nH]c1. The van der Waals surface area contributed by atoms with Gasteiger partial charge in [0.2, 0.25) is 0 Å². The number of H-pyrrole nitrogens is 2. The van der Waals surface area contributed by atoms with Crippen LogP contribution in [0.1, 0.15) is 45.7 Å². The molecule has 0 atom stereocenters. The molecule has 3 N–H and O–H groups in total. The minimum Gasteiger partial charge on any atom is -0.414 e. The molecule has 21 heavy (non-hydrogen) atoms. The van der Waals surface area contributed by atoms with Gasteiger partial charge in [0, 0.05) is 23.5 Å². The lowest BCUT2D eigenvalue weighted by atomic mass is 10.0. The van der Waals surface area contributed by atoms with Gasteiger partial charge in [-0.3, -0.25) is 10.2 Å². The average Bonchev–Trinajstić information content (AvgIpc) is 3.09. The number of aromatic nitrogens is 4. The number of hydrogen-bond donors (Lipinski definition) is 3. The van der Waals surface area contributed by atoms with Crippen molar-refractivity contribution in [3.8, 4) is 0 Å². The molecule has 0 amide bonds. The number of hydrogen-bond acceptors (Lipinski definition) is 4. The van der Waals surface area contributed by atoms with Gasteiger partial charge in [-0.05, 0) is 18.9 Å². The molecule has 0 radical (unpaired) electrons. The van der Waals surface area contributed by atoms with Crippen LogP contribution >= 0.6 is 0 Å². The highest BCUT2D eigenvalue weighted by Gasteiger charge is 2.24. The van der Waals surface area contributed by atoms with Crippen LogP contribution in [0.2, 0.25) is 5.04 Å². The summed E-state index contributed by atoms with van der Waals surface area (Å²) in [6.45, 7) is 10.9. The van der Waals surface area contributed by atoms with Gasteiger partial charge in [0.25, 0.3) is 0 Å². The second-order valence-electron chi connectivity index (χ2n) is 6.61. The topological polar surface area (TPSA) is 86.8 Å². The highest BCUT2D eigenvalue weighted by atomic mass is 28.2. The van der Waals surface area contributed by atoms with Crippen LogP contribution in [0.15, 0.2) is 24.8 Å². The summed E-state index contributed by atoms with van der Waals surface area (Å²) in [5.41, 5.74) is 1.74. The molecule has 0 aromatic carbocycles. The van der Waals surface area contributed by atoms with Crippen LogP contribution in [-0.2, 0) is 16.6 Å². The molecule has 0 aliphatic heterocycles. The fourth-order valence-corrected chi connectivity index (χ4v) is 2.39. The standard InChI is InChI=1S/C10H20N2OSi.C4H6N2O/c1-9(2,3)14-13-10(4,5)8-6-11-12-7-8;7-3-4-1-5-6-2-4/h6-7H,14H2,1-5H3,(H,11,12);1-2,7H,3H2,(H,5,6). The second-order valence-corrected chi connectivity index (χ2v) is 9.31. The maximum atomic E-state index is 8.37. The number of aliphatic hydroxyl groups is 1. The Morgan fingerprint density at radius 1 is 1.10 bits per heavy atom. The third kappa shape index (κ3) is 6.70. The van der Waals surface area contributed by atoms with Crippen molar-refractivity contribution in [2.75, 3.05) is 0 Å². The Kier molecular flexibility index (Phi) is 6.32. The molecule has 2 aromatic rings. The summed E-state index contributed by atoms with van der Waals surface area (Å²) in [6, 6.07) is 0. The fourth-order valence-electron chi connectivity index (χ4n) is 1.42. The van der Waals surface area contributed by atoms with Crippen molar-refractivity contribution in [3.05, 3.63) is 35.9 Å². The lowest BCUT2D eigenvalue weighted by Crippen LogP contribution is -2.27. The van der Waals surface area contributed by atoms with Crippen LogP contribution in [0.5, 0.6) is 0 Å². The fraction of sp³-hybridized carbons (Fsp3) is 0.571. The van der Waals surface area contributed by atoms with Gasteiger partial charge < -0.3 is 9.53 Å². The van der Waals surface area contributed by atoms with E-state index in [1.807, 2.05) is 12.4 Å². The molecular formula is C14H26N4O2Si. The summed E-state index contributed by atoms with van der Waals surface area (Å²) < 4.78 is 6.02. The Morgan fingerprint density at radius 2 is 1.71 bits per heavy atom. The number of aromatic amines is 2. The molecule has 0 aliphatic rings. The zero-order chi connectivity index (χ0) is 15.9. The van der Waals surface area contributed by atoms with Crippen LogP contribution in [0.3, 0.4) is 0 Å². The van der Waals surface area contributed by atoms with E-state index >= 15 is 0 Å². The minimum absolute atomic E-state index is 0.0660. The molecular weight excluding hydrogens is 284 g/mol. The molecule has 0 bridgehead atoms. The first-order chi connectivity index (χ1) is 9.74. The van der Waals surface area contributed by atoms with Gasteiger partial charge in [-0.2, -0.15) is 10.2 Å². The normalized spacial score (nSPS) is 12.5. The molecule has 0 saturated carbocycles. The van der Waals surface area contributed by atoms with Crippen molar-refractivity contribution in [2.24, 2.45) is 0 Å². The van der Waals surface area contributed by atoms with Crippen molar-refractivity contribution in [1.82, 2.24) is 20.4 Å².